The highest BCUT2D eigenvalue weighted by molar-refractivity contribution is 7.91. The van der Waals surface area contributed by atoms with E-state index in [4.69, 9.17) is 0 Å². The van der Waals surface area contributed by atoms with Crippen LogP contribution < -0.4 is 4.72 Å². The second-order valence-electron chi connectivity index (χ2n) is 5.55. The number of nitrogens with zero attached hydrogens (tertiary/aromatic N) is 3. The van der Waals surface area contributed by atoms with Crippen molar-refractivity contribution in [2.24, 2.45) is 0 Å². The van der Waals surface area contributed by atoms with Crippen molar-refractivity contribution in [2.75, 3.05) is 26.2 Å². The summed E-state index contributed by atoms with van der Waals surface area (Å²) in [4.78, 5) is 6.45. The fraction of sp³-hybridized carbons (Fsp3) is 0.467. The van der Waals surface area contributed by atoms with E-state index in [1.807, 2.05) is 30.3 Å². The first-order valence-electron chi connectivity index (χ1n) is 7.76. The van der Waals surface area contributed by atoms with E-state index in [1.165, 1.54) is 19.3 Å². The molecule has 0 amide bonds. The summed E-state index contributed by atoms with van der Waals surface area (Å²) in [7, 11) is -3.58. The molecule has 0 aliphatic carbocycles. The van der Waals surface area contributed by atoms with Crippen LogP contribution in [-0.2, 0) is 10.0 Å². The van der Waals surface area contributed by atoms with Crippen molar-refractivity contribution in [3.05, 3.63) is 30.3 Å². The fourth-order valence-corrected chi connectivity index (χ4v) is 4.42. The predicted molar refractivity (Wildman–Crippen MR) is 98.1 cm³/mol. The average molecular weight is 389 g/mol. The van der Waals surface area contributed by atoms with Crippen molar-refractivity contribution in [3.63, 3.8) is 0 Å². The van der Waals surface area contributed by atoms with Gasteiger partial charge in [-0.15, -0.1) is 12.4 Å². The number of aromatic nitrogens is 2. The van der Waals surface area contributed by atoms with Gasteiger partial charge in [-0.25, -0.2) is 18.1 Å². The summed E-state index contributed by atoms with van der Waals surface area (Å²) in [6, 6.07) is 9.38. The first kappa shape index (κ1) is 19.3. The number of halogens is 1. The van der Waals surface area contributed by atoms with Crippen LogP contribution in [0.1, 0.15) is 19.3 Å². The minimum Gasteiger partial charge on any atom is -0.302 e. The van der Waals surface area contributed by atoms with Gasteiger partial charge < -0.3 is 4.90 Å². The summed E-state index contributed by atoms with van der Waals surface area (Å²) in [5, 5.41) is 0. The Morgan fingerprint density at radius 3 is 2.54 bits per heavy atom. The minimum atomic E-state index is -3.58. The summed E-state index contributed by atoms with van der Waals surface area (Å²) in [5.74, 6) is 0.451. The molecule has 1 saturated heterocycles. The molecule has 3 rings (SSSR count). The molecule has 1 aliphatic heterocycles. The molecule has 0 spiro atoms. The van der Waals surface area contributed by atoms with E-state index in [2.05, 4.69) is 19.0 Å². The summed E-state index contributed by atoms with van der Waals surface area (Å²) in [6.45, 7) is 3.25. The van der Waals surface area contributed by atoms with Crippen molar-refractivity contribution in [3.8, 4) is 11.4 Å². The third kappa shape index (κ3) is 4.97. The number of rotatable bonds is 6. The number of sulfonamides is 1. The maximum atomic E-state index is 12.3. The summed E-state index contributed by atoms with van der Waals surface area (Å²) in [5.41, 5.74) is 0.818. The SMILES string of the molecule is Cl.O=S(=O)(NCCN1CCCCC1)c1nc(-c2ccccc2)ns1. The first-order chi connectivity index (χ1) is 11.1. The van der Waals surface area contributed by atoms with Crippen molar-refractivity contribution in [2.45, 2.75) is 23.6 Å². The lowest BCUT2D eigenvalue weighted by atomic mass is 10.1. The molecule has 6 nitrogen and oxygen atoms in total. The highest BCUT2D eigenvalue weighted by Crippen LogP contribution is 2.20. The van der Waals surface area contributed by atoms with E-state index in [1.54, 1.807) is 0 Å². The van der Waals surface area contributed by atoms with Crippen LogP contribution in [0.4, 0.5) is 0 Å². The molecule has 1 aliphatic rings. The second-order valence-corrected chi connectivity index (χ2v) is 8.24. The van der Waals surface area contributed by atoms with Crippen LogP contribution in [0, 0.1) is 0 Å². The second kappa shape index (κ2) is 8.87. The Balaban J connectivity index is 0.00000208. The Morgan fingerprint density at radius 2 is 1.83 bits per heavy atom. The van der Waals surface area contributed by atoms with Gasteiger partial charge in [0.25, 0.3) is 10.0 Å². The van der Waals surface area contributed by atoms with Gasteiger partial charge in [0.2, 0.25) is 4.34 Å². The average Bonchev–Trinajstić information content (AvgIpc) is 3.07. The molecule has 2 heterocycles. The normalized spacial score (nSPS) is 15.8. The monoisotopic (exact) mass is 388 g/mol. The van der Waals surface area contributed by atoms with Crippen LogP contribution in [0.5, 0.6) is 0 Å². The maximum Gasteiger partial charge on any atom is 0.269 e. The number of benzene rings is 1. The zero-order chi connectivity index (χ0) is 16.1. The maximum absolute atomic E-state index is 12.3. The van der Waals surface area contributed by atoms with Gasteiger partial charge in [-0.2, -0.15) is 4.37 Å². The van der Waals surface area contributed by atoms with Gasteiger partial charge in [0.05, 0.1) is 0 Å². The van der Waals surface area contributed by atoms with E-state index < -0.39 is 10.0 Å². The summed E-state index contributed by atoms with van der Waals surface area (Å²) >= 11 is 0.912. The lowest BCUT2D eigenvalue weighted by Crippen LogP contribution is -2.37. The Hall–Kier alpha value is -1.06. The molecule has 1 N–H and O–H groups in total. The topological polar surface area (TPSA) is 75.2 Å². The van der Waals surface area contributed by atoms with Crippen molar-refractivity contribution in [1.29, 1.82) is 0 Å². The molecule has 0 saturated carbocycles. The van der Waals surface area contributed by atoms with Crippen molar-refractivity contribution >= 4 is 34.0 Å². The van der Waals surface area contributed by atoms with Gasteiger partial charge in [0.15, 0.2) is 5.82 Å². The van der Waals surface area contributed by atoms with Gasteiger partial charge in [0.1, 0.15) is 0 Å². The standard InChI is InChI=1S/C15H20N4O2S2.ClH/c20-23(21,16-9-12-19-10-5-2-6-11-19)15-17-14(18-22-15)13-7-3-1-4-8-13;/h1,3-4,7-8,16H,2,5-6,9-12H2;1H. The Kier molecular flexibility index (Phi) is 7.12. The molecule has 9 heteroatoms. The van der Waals surface area contributed by atoms with Gasteiger partial charge in [-0.1, -0.05) is 36.8 Å². The first-order valence-corrected chi connectivity index (χ1v) is 10.0. The molecular weight excluding hydrogens is 368 g/mol. The molecule has 0 bridgehead atoms. The van der Waals surface area contributed by atoms with Gasteiger partial charge in [-0.3, -0.25) is 0 Å². The summed E-state index contributed by atoms with van der Waals surface area (Å²) < 4.78 is 31.4. The highest BCUT2D eigenvalue weighted by atomic mass is 35.5. The van der Waals surface area contributed by atoms with Crippen LogP contribution in [0.25, 0.3) is 11.4 Å². The van der Waals surface area contributed by atoms with Crippen molar-refractivity contribution in [1.82, 2.24) is 19.0 Å². The largest absolute Gasteiger partial charge is 0.302 e. The number of likely N-dealkylation sites (tertiary alicyclic amines) is 1. The molecule has 1 fully saturated rings. The summed E-state index contributed by atoms with van der Waals surface area (Å²) in [6.07, 6.45) is 3.67. The quantitative estimate of drug-likeness (QED) is 0.822. The minimum absolute atomic E-state index is 0. The molecule has 0 atom stereocenters. The van der Waals surface area contributed by atoms with Gasteiger partial charge >= 0.3 is 0 Å². The van der Waals surface area contributed by atoms with Crippen LogP contribution in [0.3, 0.4) is 0 Å². The van der Waals surface area contributed by atoms with Gasteiger partial charge in [-0.05, 0) is 37.5 Å². The lowest BCUT2D eigenvalue weighted by Gasteiger charge is -2.26. The number of hydrogen-bond donors (Lipinski definition) is 1. The van der Waals surface area contributed by atoms with E-state index in [9.17, 15) is 8.42 Å². The molecule has 1 aromatic carbocycles. The molecule has 1 aromatic heterocycles. The number of nitrogens with one attached hydrogen (secondary N) is 1. The van der Waals surface area contributed by atoms with E-state index in [-0.39, 0.29) is 16.7 Å². The Labute approximate surface area is 152 Å². The number of hydrogen-bond acceptors (Lipinski definition) is 6. The van der Waals surface area contributed by atoms with Gasteiger partial charge in [0, 0.05) is 18.7 Å². The third-order valence-corrected chi connectivity index (χ3v) is 6.37. The zero-order valence-corrected chi connectivity index (χ0v) is 15.7. The molecule has 24 heavy (non-hydrogen) atoms. The molecular formula is C15H21ClN4O2S2. The van der Waals surface area contributed by atoms with Crippen molar-refractivity contribution < 1.29 is 8.42 Å². The smallest absolute Gasteiger partial charge is 0.269 e. The molecule has 0 unspecified atom stereocenters. The third-order valence-electron chi connectivity index (χ3n) is 3.84. The van der Waals surface area contributed by atoms with E-state index in [0.717, 1.165) is 36.7 Å². The van der Waals surface area contributed by atoms with Crippen LogP contribution in [0.15, 0.2) is 34.7 Å². The van der Waals surface area contributed by atoms with Crippen LogP contribution in [0.2, 0.25) is 0 Å². The number of piperidine rings is 1. The fourth-order valence-electron chi connectivity index (χ4n) is 2.61. The molecule has 132 valence electrons. The lowest BCUT2D eigenvalue weighted by molar-refractivity contribution is 0.233. The Bertz CT molecular complexity index is 731. The molecule has 0 radical (unpaired) electrons. The Morgan fingerprint density at radius 1 is 1.12 bits per heavy atom. The van der Waals surface area contributed by atoms with E-state index in [0.29, 0.717) is 12.4 Å². The van der Waals surface area contributed by atoms with Crippen LogP contribution >= 0.6 is 23.9 Å². The predicted octanol–water partition coefficient (Wildman–Crippen LogP) is 2.39. The molecule has 2 aromatic rings. The zero-order valence-electron chi connectivity index (χ0n) is 13.2. The highest BCUT2D eigenvalue weighted by Gasteiger charge is 2.20. The van der Waals surface area contributed by atoms with E-state index >= 15 is 0 Å². The van der Waals surface area contributed by atoms with Crippen LogP contribution in [-0.4, -0.2) is 48.9 Å².